The van der Waals surface area contributed by atoms with Crippen LogP contribution in [0.5, 0.6) is 11.5 Å². The molecular weight excluding hydrogens is 605 g/mol. The van der Waals surface area contributed by atoms with E-state index in [0.717, 1.165) is 16.7 Å². The first kappa shape index (κ1) is 27.1. The fourth-order valence-corrected chi connectivity index (χ4v) is 5.25. The molecular formula is C28H24BrCl2N5O3. The third-order valence-corrected chi connectivity index (χ3v) is 7.61. The number of halogens is 3. The van der Waals surface area contributed by atoms with Crippen molar-refractivity contribution in [3.8, 4) is 11.5 Å². The normalized spacial score (nSPS) is 14.5. The van der Waals surface area contributed by atoms with E-state index in [1.165, 1.54) is 6.33 Å². The first-order chi connectivity index (χ1) is 18.7. The molecule has 0 radical (unpaired) electrons. The van der Waals surface area contributed by atoms with E-state index in [1.807, 2.05) is 56.3 Å². The Morgan fingerprint density at radius 3 is 2.59 bits per heavy atom. The molecule has 1 amide bonds. The topological polar surface area (TPSA) is 90.3 Å². The van der Waals surface area contributed by atoms with Crippen molar-refractivity contribution < 1.29 is 14.3 Å². The van der Waals surface area contributed by atoms with Gasteiger partial charge >= 0.3 is 0 Å². The lowest BCUT2D eigenvalue weighted by atomic mass is 9.94. The number of amides is 1. The zero-order valence-electron chi connectivity index (χ0n) is 21.3. The van der Waals surface area contributed by atoms with Crippen LogP contribution in [0.15, 0.2) is 76.7 Å². The number of benzene rings is 3. The molecule has 200 valence electrons. The van der Waals surface area contributed by atoms with E-state index >= 15 is 0 Å². The second-order valence-electron chi connectivity index (χ2n) is 8.99. The largest absolute Gasteiger partial charge is 0.493 e. The molecule has 0 saturated heterocycles. The van der Waals surface area contributed by atoms with Gasteiger partial charge in [0, 0.05) is 11.4 Å². The molecule has 39 heavy (non-hydrogen) atoms. The quantitative estimate of drug-likeness (QED) is 0.225. The van der Waals surface area contributed by atoms with Crippen LogP contribution < -0.4 is 20.1 Å². The summed E-state index contributed by atoms with van der Waals surface area (Å²) in [6, 6.07) is 16.1. The van der Waals surface area contributed by atoms with E-state index in [-0.39, 0.29) is 12.5 Å². The number of nitrogens with zero attached hydrogens (tertiary/aromatic N) is 3. The van der Waals surface area contributed by atoms with Crippen molar-refractivity contribution in [3.05, 3.63) is 103 Å². The minimum Gasteiger partial charge on any atom is -0.493 e. The first-order valence-corrected chi connectivity index (χ1v) is 13.5. The van der Waals surface area contributed by atoms with Crippen LogP contribution >= 0.6 is 39.1 Å². The minimum atomic E-state index is -0.580. The average Bonchev–Trinajstić information content (AvgIpc) is 3.38. The minimum absolute atomic E-state index is 0.245. The molecule has 1 aliphatic heterocycles. The Bertz CT molecular complexity index is 1590. The van der Waals surface area contributed by atoms with Crippen LogP contribution in [0.4, 0.5) is 11.6 Å². The van der Waals surface area contributed by atoms with Gasteiger partial charge in [0.2, 0.25) is 5.95 Å². The molecule has 0 saturated carbocycles. The molecule has 5 rings (SSSR count). The summed E-state index contributed by atoms with van der Waals surface area (Å²) in [5.74, 6) is 1.26. The van der Waals surface area contributed by atoms with Crippen LogP contribution in [0.1, 0.15) is 29.7 Å². The molecule has 0 spiro atoms. The van der Waals surface area contributed by atoms with Gasteiger partial charge in [-0.15, -0.1) is 0 Å². The molecule has 1 aromatic heterocycles. The number of aromatic nitrogens is 3. The van der Waals surface area contributed by atoms with E-state index in [2.05, 4.69) is 36.6 Å². The van der Waals surface area contributed by atoms with E-state index in [4.69, 9.17) is 32.7 Å². The van der Waals surface area contributed by atoms with Crippen molar-refractivity contribution >= 4 is 56.7 Å². The summed E-state index contributed by atoms with van der Waals surface area (Å²) >= 11 is 15.8. The van der Waals surface area contributed by atoms with Crippen LogP contribution in [0, 0.1) is 6.92 Å². The van der Waals surface area contributed by atoms with Gasteiger partial charge in [0.05, 0.1) is 27.2 Å². The Hall–Kier alpha value is -3.53. The Balaban J connectivity index is 1.50. The second-order valence-corrected chi connectivity index (χ2v) is 10.7. The lowest BCUT2D eigenvalue weighted by Crippen LogP contribution is -2.31. The van der Waals surface area contributed by atoms with Crippen LogP contribution in [-0.4, -0.2) is 27.8 Å². The summed E-state index contributed by atoms with van der Waals surface area (Å²) in [6.07, 6.45) is 1.45. The molecule has 2 N–H and O–H groups in total. The van der Waals surface area contributed by atoms with Gasteiger partial charge in [-0.25, -0.2) is 4.68 Å². The number of hydrogen-bond acceptors (Lipinski definition) is 6. The summed E-state index contributed by atoms with van der Waals surface area (Å²) < 4.78 is 14.1. The summed E-state index contributed by atoms with van der Waals surface area (Å²) in [7, 11) is 1.56. The van der Waals surface area contributed by atoms with Crippen LogP contribution in [0.3, 0.4) is 0 Å². The number of anilines is 2. The zero-order chi connectivity index (χ0) is 27.7. The van der Waals surface area contributed by atoms with Gasteiger partial charge in [-0.2, -0.15) is 10.1 Å². The third kappa shape index (κ3) is 5.61. The zero-order valence-corrected chi connectivity index (χ0v) is 24.4. The van der Waals surface area contributed by atoms with Gasteiger partial charge in [-0.1, -0.05) is 47.0 Å². The van der Waals surface area contributed by atoms with Gasteiger partial charge in [0.15, 0.2) is 11.5 Å². The predicted octanol–water partition coefficient (Wildman–Crippen LogP) is 7.17. The van der Waals surface area contributed by atoms with Crippen molar-refractivity contribution in [2.24, 2.45) is 0 Å². The smallest absolute Gasteiger partial charge is 0.255 e. The lowest BCUT2D eigenvalue weighted by Gasteiger charge is -2.29. The molecule has 8 nitrogen and oxygen atoms in total. The molecule has 3 aromatic carbocycles. The molecule has 2 heterocycles. The first-order valence-electron chi connectivity index (χ1n) is 11.9. The second kappa shape index (κ2) is 11.3. The van der Waals surface area contributed by atoms with Crippen molar-refractivity contribution in [1.29, 1.82) is 0 Å². The Labute approximate surface area is 244 Å². The Morgan fingerprint density at radius 2 is 1.87 bits per heavy atom. The molecule has 1 aliphatic rings. The number of allylic oxidation sites excluding steroid dienone is 1. The number of rotatable bonds is 7. The molecule has 11 heteroatoms. The number of nitrogens with one attached hydrogen (secondary N) is 2. The van der Waals surface area contributed by atoms with Gasteiger partial charge in [-0.05, 0) is 77.3 Å². The highest BCUT2D eigenvalue weighted by molar-refractivity contribution is 9.10. The highest BCUT2D eigenvalue weighted by Crippen LogP contribution is 2.43. The van der Waals surface area contributed by atoms with Gasteiger partial charge in [0.25, 0.3) is 5.91 Å². The Kier molecular flexibility index (Phi) is 7.83. The van der Waals surface area contributed by atoms with Gasteiger partial charge < -0.3 is 20.1 Å². The van der Waals surface area contributed by atoms with Crippen LogP contribution in [0.25, 0.3) is 0 Å². The summed E-state index contributed by atoms with van der Waals surface area (Å²) in [4.78, 5) is 18.0. The van der Waals surface area contributed by atoms with E-state index in [0.29, 0.717) is 48.9 Å². The average molecular weight is 629 g/mol. The third-order valence-electron chi connectivity index (χ3n) is 6.28. The van der Waals surface area contributed by atoms with Gasteiger partial charge in [0.1, 0.15) is 19.0 Å². The maximum absolute atomic E-state index is 13.6. The molecule has 1 unspecified atom stereocenters. The fraction of sp³-hybridized carbons (Fsp3) is 0.179. The number of aryl methyl sites for hydroxylation is 1. The SMILES string of the molecule is COc1cc(C2C(C(=O)Nc3ccc(C)cc3)=C(C)Nc3ncnn32)cc(Br)c1OCc1ccc(Cl)c(Cl)c1. The van der Waals surface area contributed by atoms with Crippen LogP contribution in [0.2, 0.25) is 10.0 Å². The maximum atomic E-state index is 13.6. The highest BCUT2D eigenvalue weighted by atomic mass is 79.9. The number of ether oxygens (including phenoxy) is 2. The fourth-order valence-electron chi connectivity index (χ4n) is 4.35. The Morgan fingerprint density at radius 1 is 1.10 bits per heavy atom. The molecule has 0 bridgehead atoms. The predicted molar refractivity (Wildman–Crippen MR) is 156 cm³/mol. The number of carbonyl (C=O) groups excluding carboxylic acids is 1. The van der Waals surface area contributed by atoms with Crippen molar-refractivity contribution in [2.45, 2.75) is 26.5 Å². The lowest BCUT2D eigenvalue weighted by molar-refractivity contribution is -0.113. The molecule has 0 aliphatic carbocycles. The van der Waals surface area contributed by atoms with Crippen molar-refractivity contribution in [2.75, 3.05) is 17.7 Å². The summed E-state index contributed by atoms with van der Waals surface area (Å²) in [5.41, 5.74) is 4.56. The van der Waals surface area contributed by atoms with Gasteiger partial charge in [-0.3, -0.25) is 4.79 Å². The van der Waals surface area contributed by atoms with Crippen molar-refractivity contribution in [3.63, 3.8) is 0 Å². The monoisotopic (exact) mass is 627 g/mol. The number of carbonyl (C=O) groups is 1. The highest BCUT2D eigenvalue weighted by Gasteiger charge is 2.34. The molecule has 0 fully saturated rings. The van der Waals surface area contributed by atoms with E-state index in [9.17, 15) is 4.79 Å². The number of hydrogen-bond donors (Lipinski definition) is 2. The standard InChI is InChI=1S/C28H24BrCl2N5O3/c1-15-4-7-19(8-5-15)35-27(37)24-16(2)34-28-32-14-33-36(28)25(24)18-11-20(29)26(23(12-18)38-3)39-13-17-6-9-21(30)22(31)10-17/h4-12,14,25H,13H2,1-3H3,(H,35,37)(H,32,33,34). The molecule has 4 aromatic rings. The number of fused-ring (bicyclic) bond motifs is 1. The van der Waals surface area contributed by atoms with E-state index < -0.39 is 6.04 Å². The summed E-state index contributed by atoms with van der Waals surface area (Å²) in [6.45, 7) is 4.08. The summed E-state index contributed by atoms with van der Waals surface area (Å²) in [5, 5.41) is 11.5. The van der Waals surface area contributed by atoms with E-state index in [1.54, 1.807) is 23.9 Å². The van der Waals surface area contributed by atoms with Crippen molar-refractivity contribution in [1.82, 2.24) is 14.8 Å². The number of methoxy groups -OCH3 is 1. The van der Waals surface area contributed by atoms with Crippen LogP contribution in [-0.2, 0) is 11.4 Å². The molecule has 1 atom stereocenters. The maximum Gasteiger partial charge on any atom is 0.255 e.